The van der Waals surface area contributed by atoms with Crippen molar-refractivity contribution in [1.29, 1.82) is 0 Å². The third kappa shape index (κ3) is 4.82. The Morgan fingerprint density at radius 3 is 2.39 bits per heavy atom. The summed E-state index contributed by atoms with van der Waals surface area (Å²) in [5.41, 5.74) is 0.453. The van der Waals surface area contributed by atoms with Crippen LogP contribution in [0.2, 0.25) is 0 Å². The van der Waals surface area contributed by atoms with Gasteiger partial charge in [-0.1, -0.05) is 0 Å². The second kappa shape index (κ2) is 5.94. The molecule has 0 radical (unpaired) electrons. The van der Waals surface area contributed by atoms with E-state index in [1.54, 1.807) is 20.8 Å². The van der Waals surface area contributed by atoms with Gasteiger partial charge in [-0.2, -0.15) is 13.2 Å². The van der Waals surface area contributed by atoms with Crippen LogP contribution >= 0.6 is 0 Å². The molecule has 0 bridgehead atoms. The predicted molar refractivity (Wildman–Crippen MR) is 64.2 cm³/mol. The van der Waals surface area contributed by atoms with Crippen LogP contribution < -0.4 is 4.74 Å². The molecule has 1 rings (SSSR count). The molecule has 1 atom stereocenters. The highest BCUT2D eigenvalue weighted by molar-refractivity contribution is 7.85. The Morgan fingerprint density at radius 2 is 1.94 bits per heavy atom. The first kappa shape index (κ1) is 14.6. The number of hydrogen-bond donors (Lipinski definition) is 0. The quantitative estimate of drug-likeness (QED) is 0.789. The fraction of sp³-hybridized carbons (Fsp3) is 0.500. The van der Waals surface area contributed by atoms with Crippen molar-refractivity contribution in [3.8, 4) is 6.01 Å². The van der Waals surface area contributed by atoms with Crippen LogP contribution in [0.3, 0.4) is 0 Å². The molecule has 0 N–H and O–H groups in total. The zero-order valence-corrected chi connectivity index (χ0v) is 10.9. The SMILES string of the molecule is CC(C)(C)[S@@](=O)N=Cc1cnc(OC(F)F)nc1. The van der Waals surface area contributed by atoms with Gasteiger partial charge in [0.1, 0.15) is 11.0 Å². The number of ether oxygens (including phenoxy) is 1. The molecular weight excluding hydrogens is 264 g/mol. The fourth-order valence-electron chi connectivity index (χ4n) is 0.800. The van der Waals surface area contributed by atoms with Crippen molar-refractivity contribution in [3.63, 3.8) is 0 Å². The molecule has 1 aromatic heterocycles. The molecule has 0 aliphatic rings. The molecule has 1 heterocycles. The minimum absolute atomic E-state index is 0.418. The molecule has 0 saturated carbocycles. The van der Waals surface area contributed by atoms with Gasteiger partial charge in [0.05, 0.1) is 4.75 Å². The maximum atomic E-state index is 11.8. The largest absolute Gasteiger partial charge is 0.401 e. The zero-order chi connectivity index (χ0) is 13.8. The number of halogens is 2. The van der Waals surface area contributed by atoms with Gasteiger partial charge in [0, 0.05) is 24.2 Å². The van der Waals surface area contributed by atoms with Crippen LogP contribution in [0.1, 0.15) is 26.3 Å². The number of alkyl halides is 2. The Kier molecular flexibility index (Phi) is 4.83. The topological polar surface area (TPSA) is 64.4 Å². The lowest BCUT2D eigenvalue weighted by Gasteiger charge is -2.12. The number of rotatable bonds is 4. The van der Waals surface area contributed by atoms with Crippen molar-refractivity contribution < 1.29 is 17.7 Å². The first-order valence-corrected chi connectivity index (χ1v) is 6.12. The van der Waals surface area contributed by atoms with Crippen LogP contribution in [0.5, 0.6) is 6.01 Å². The molecule has 100 valence electrons. The summed E-state index contributed by atoms with van der Waals surface area (Å²) in [7, 11) is -1.39. The van der Waals surface area contributed by atoms with Crippen molar-refractivity contribution in [2.24, 2.45) is 4.40 Å². The van der Waals surface area contributed by atoms with E-state index in [-0.39, 0.29) is 0 Å². The Hall–Kier alpha value is -1.44. The third-order valence-electron chi connectivity index (χ3n) is 1.66. The van der Waals surface area contributed by atoms with Gasteiger partial charge in [0.25, 0.3) is 0 Å². The molecule has 0 aliphatic carbocycles. The van der Waals surface area contributed by atoms with E-state index >= 15 is 0 Å². The van der Waals surface area contributed by atoms with Gasteiger partial charge < -0.3 is 4.74 Å². The maximum Gasteiger partial charge on any atom is 0.389 e. The monoisotopic (exact) mass is 277 g/mol. The predicted octanol–water partition coefficient (Wildman–Crippen LogP) is 1.96. The van der Waals surface area contributed by atoms with Crippen molar-refractivity contribution >= 4 is 17.2 Å². The molecule has 0 aromatic carbocycles. The van der Waals surface area contributed by atoms with Gasteiger partial charge in [0.2, 0.25) is 0 Å². The lowest BCUT2D eigenvalue weighted by Crippen LogP contribution is -2.19. The van der Waals surface area contributed by atoms with E-state index in [9.17, 15) is 13.0 Å². The van der Waals surface area contributed by atoms with E-state index in [0.29, 0.717) is 5.56 Å². The average Bonchev–Trinajstić information content (AvgIpc) is 2.25. The fourth-order valence-corrected chi connectivity index (χ4v) is 1.33. The standard InChI is InChI=1S/C10H13F2N3O2S/c1-10(2,3)18(16)15-6-7-4-13-9(14-5-7)17-8(11)12/h4-6,8H,1-3H3/t18-/m1/s1. The van der Waals surface area contributed by atoms with Crippen LogP contribution in [0.15, 0.2) is 16.8 Å². The van der Waals surface area contributed by atoms with E-state index in [4.69, 9.17) is 0 Å². The molecule has 0 aliphatic heterocycles. The summed E-state index contributed by atoms with van der Waals surface area (Å²) in [4.78, 5) is 7.11. The van der Waals surface area contributed by atoms with Gasteiger partial charge >= 0.3 is 12.6 Å². The van der Waals surface area contributed by atoms with Gasteiger partial charge in [-0.15, -0.1) is 0 Å². The molecule has 1 aromatic rings. The van der Waals surface area contributed by atoms with Crippen molar-refractivity contribution in [2.75, 3.05) is 0 Å². The lowest BCUT2D eigenvalue weighted by atomic mass is 10.3. The molecule has 0 unspecified atom stereocenters. The minimum Gasteiger partial charge on any atom is -0.401 e. The molecule has 8 heteroatoms. The minimum atomic E-state index is -2.96. The van der Waals surface area contributed by atoms with Crippen LogP contribution in [-0.4, -0.2) is 31.7 Å². The summed E-state index contributed by atoms with van der Waals surface area (Å²) in [6, 6.07) is -0.418. The normalized spacial score (nSPS) is 14.1. The molecule has 0 saturated heterocycles. The molecule has 5 nitrogen and oxygen atoms in total. The molecule has 0 amide bonds. The molecule has 0 spiro atoms. The van der Waals surface area contributed by atoms with Gasteiger partial charge in [-0.05, 0) is 20.8 Å². The lowest BCUT2D eigenvalue weighted by molar-refractivity contribution is -0.0560. The van der Waals surface area contributed by atoms with Crippen LogP contribution in [0.4, 0.5) is 8.78 Å². The first-order chi connectivity index (χ1) is 8.29. The maximum absolute atomic E-state index is 11.8. The second-order valence-electron chi connectivity index (χ2n) is 4.27. The summed E-state index contributed by atoms with van der Waals surface area (Å²) in [5.74, 6) is 0. The Morgan fingerprint density at radius 1 is 1.39 bits per heavy atom. The Bertz CT molecular complexity index is 443. The molecule has 0 fully saturated rings. The second-order valence-corrected chi connectivity index (χ2v) is 6.21. The number of nitrogens with zero attached hydrogens (tertiary/aromatic N) is 3. The highest BCUT2D eigenvalue weighted by Gasteiger charge is 2.18. The molecular formula is C10H13F2N3O2S. The van der Waals surface area contributed by atoms with Crippen molar-refractivity contribution in [2.45, 2.75) is 32.1 Å². The highest BCUT2D eigenvalue weighted by Crippen LogP contribution is 2.12. The van der Waals surface area contributed by atoms with Crippen LogP contribution in [0, 0.1) is 0 Å². The van der Waals surface area contributed by atoms with Gasteiger partial charge in [0.15, 0.2) is 0 Å². The zero-order valence-electron chi connectivity index (χ0n) is 10.1. The Balaban J connectivity index is 2.69. The van der Waals surface area contributed by atoms with E-state index in [1.807, 2.05) is 0 Å². The summed E-state index contributed by atoms with van der Waals surface area (Å²) < 4.78 is 42.6. The summed E-state index contributed by atoms with van der Waals surface area (Å²) in [5, 5.41) is 0. The van der Waals surface area contributed by atoms with Gasteiger partial charge in [-0.25, -0.2) is 14.2 Å². The Labute approximate surface area is 106 Å². The van der Waals surface area contributed by atoms with E-state index in [2.05, 4.69) is 19.1 Å². The van der Waals surface area contributed by atoms with E-state index in [0.717, 1.165) is 0 Å². The summed E-state index contributed by atoms with van der Waals surface area (Å²) >= 11 is 0. The third-order valence-corrected chi connectivity index (χ3v) is 3.01. The smallest absolute Gasteiger partial charge is 0.389 e. The van der Waals surface area contributed by atoms with Crippen molar-refractivity contribution in [1.82, 2.24) is 9.97 Å². The van der Waals surface area contributed by atoms with Crippen LogP contribution in [-0.2, 0) is 11.0 Å². The molecule has 18 heavy (non-hydrogen) atoms. The highest BCUT2D eigenvalue weighted by atomic mass is 32.2. The van der Waals surface area contributed by atoms with Gasteiger partial charge in [-0.3, -0.25) is 0 Å². The average molecular weight is 277 g/mol. The number of aromatic nitrogens is 2. The van der Waals surface area contributed by atoms with Crippen LogP contribution in [0.25, 0.3) is 0 Å². The number of hydrogen-bond acceptors (Lipinski definition) is 4. The first-order valence-electron chi connectivity index (χ1n) is 5.02. The van der Waals surface area contributed by atoms with Crippen molar-refractivity contribution in [3.05, 3.63) is 18.0 Å². The van der Waals surface area contributed by atoms with E-state index in [1.165, 1.54) is 18.6 Å². The van der Waals surface area contributed by atoms with E-state index < -0.39 is 28.4 Å². The summed E-state index contributed by atoms with van der Waals surface area (Å²) in [6.45, 7) is 2.40. The summed E-state index contributed by atoms with van der Waals surface area (Å²) in [6.07, 6.45) is 3.84.